The summed E-state index contributed by atoms with van der Waals surface area (Å²) in [6, 6.07) is 17.6. The average molecular weight is 406 g/mol. The Morgan fingerprint density at radius 2 is 1.80 bits per heavy atom. The third-order valence-corrected chi connectivity index (χ3v) is 5.40. The summed E-state index contributed by atoms with van der Waals surface area (Å²) in [6.07, 6.45) is 0.543. The van der Waals surface area contributed by atoms with Crippen molar-refractivity contribution in [2.45, 2.75) is 20.0 Å². The molecule has 2 aromatic carbocycles. The lowest BCUT2D eigenvalue weighted by Gasteiger charge is -2.38. The first-order valence-electron chi connectivity index (χ1n) is 9.99. The van der Waals surface area contributed by atoms with E-state index in [9.17, 15) is 9.90 Å². The van der Waals surface area contributed by atoms with Crippen LogP contribution in [0.1, 0.15) is 16.8 Å². The number of aliphatic hydroxyl groups excluding tert-OH is 1. The van der Waals surface area contributed by atoms with E-state index in [1.54, 1.807) is 11.7 Å². The van der Waals surface area contributed by atoms with Crippen LogP contribution in [0.25, 0.3) is 0 Å². The molecular weight excluding hydrogens is 380 g/mol. The standard InChI is InChI=1S/C23H26N4O3/c1-17-21(14-18-6-4-3-5-7-18)22(29)27-16-25(12-13-28)15-26(23(27)24-17)19-8-10-20(30-2)11-9-19/h3-11,28H,12-16H2,1-2H3. The Morgan fingerprint density at radius 1 is 1.07 bits per heavy atom. The van der Waals surface area contributed by atoms with Crippen LogP contribution in [0.2, 0.25) is 0 Å². The minimum atomic E-state index is -0.0393. The molecule has 0 unspecified atom stereocenters. The maximum atomic E-state index is 13.5. The Morgan fingerprint density at radius 3 is 2.47 bits per heavy atom. The number of benzene rings is 2. The zero-order valence-electron chi connectivity index (χ0n) is 17.3. The van der Waals surface area contributed by atoms with Gasteiger partial charge in [0.2, 0.25) is 5.95 Å². The van der Waals surface area contributed by atoms with Crippen molar-refractivity contribution in [3.63, 3.8) is 0 Å². The largest absolute Gasteiger partial charge is 0.497 e. The Bertz CT molecular complexity index is 1060. The van der Waals surface area contributed by atoms with Crippen LogP contribution in [0.3, 0.4) is 0 Å². The number of nitrogens with zero attached hydrogens (tertiary/aromatic N) is 4. The van der Waals surface area contributed by atoms with Gasteiger partial charge in [0.1, 0.15) is 5.75 Å². The number of rotatable bonds is 6. The van der Waals surface area contributed by atoms with Gasteiger partial charge in [0.05, 0.1) is 32.7 Å². The summed E-state index contributed by atoms with van der Waals surface area (Å²) in [4.78, 5) is 22.3. The second kappa shape index (κ2) is 8.69. The van der Waals surface area contributed by atoms with E-state index in [1.165, 1.54) is 0 Å². The third-order valence-electron chi connectivity index (χ3n) is 5.40. The first-order chi connectivity index (χ1) is 14.6. The summed E-state index contributed by atoms with van der Waals surface area (Å²) in [7, 11) is 1.63. The van der Waals surface area contributed by atoms with E-state index in [-0.39, 0.29) is 12.2 Å². The van der Waals surface area contributed by atoms with Gasteiger partial charge in [-0.05, 0) is 36.8 Å². The van der Waals surface area contributed by atoms with Crippen molar-refractivity contribution in [2.75, 3.05) is 31.8 Å². The molecule has 1 aromatic heterocycles. The minimum absolute atomic E-state index is 0.0245. The van der Waals surface area contributed by atoms with E-state index in [4.69, 9.17) is 9.72 Å². The smallest absolute Gasteiger partial charge is 0.259 e. The van der Waals surface area contributed by atoms with Gasteiger partial charge in [-0.1, -0.05) is 30.3 Å². The second-order valence-corrected chi connectivity index (χ2v) is 7.40. The van der Waals surface area contributed by atoms with Crippen LogP contribution in [0.5, 0.6) is 5.75 Å². The third kappa shape index (κ3) is 3.94. The molecule has 0 atom stereocenters. The van der Waals surface area contributed by atoms with Gasteiger partial charge in [-0.3, -0.25) is 19.2 Å². The molecule has 7 nitrogen and oxygen atoms in total. The number of β-amino-alcohol motifs (C(OH)–C–C–N with tert-alkyl or cyclic N) is 1. The molecule has 0 saturated heterocycles. The molecule has 1 aliphatic heterocycles. The number of aliphatic hydroxyl groups is 1. The lowest BCUT2D eigenvalue weighted by atomic mass is 10.1. The summed E-state index contributed by atoms with van der Waals surface area (Å²) >= 11 is 0. The van der Waals surface area contributed by atoms with Crippen molar-refractivity contribution in [2.24, 2.45) is 0 Å². The fraction of sp³-hybridized carbons (Fsp3) is 0.304. The first kappa shape index (κ1) is 20.1. The highest BCUT2D eigenvalue weighted by Crippen LogP contribution is 2.29. The van der Waals surface area contributed by atoms with E-state index in [1.807, 2.05) is 71.3 Å². The van der Waals surface area contributed by atoms with Crippen molar-refractivity contribution in [3.8, 4) is 5.75 Å². The van der Waals surface area contributed by atoms with Gasteiger partial charge in [0.25, 0.3) is 5.56 Å². The highest BCUT2D eigenvalue weighted by molar-refractivity contribution is 5.59. The summed E-state index contributed by atoms with van der Waals surface area (Å²) in [5.41, 5.74) is 3.39. The first-order valence-corrected chi connectivity index (χ1v) is 9.99. The molecule has 7 heteroatoms. The summed E-state index contributed by atoms with van der Waals surface area (Å²) in [5, 5.41) is 9.47. The molecule has 3 aromatic rings. The number of anilines is 2. The summed E-state index contributed by atoms with van der Waals surface area (Å²) < 4.78 is 6.97. The van der Waals surface area contributed by atoms with Gasteiger partial charge in [-0.2, -0.15) is 0 Å². The molecule has 0 radical (unpaired) electrons. The van der Waals surface area contributed by atoms with Crippen molar-refractivity contribution in [3.05, 3.63) is 81.8 Å². The van der Waals surface area contributed by atoms with Gasteiger partial charge >= 0.3 is 0 Å². The normalized spacial score (nSPS) is 13.9. The van der Waals surface area contributed by atoms with E-state index in [2.05, 4.69) is 0 Å². The SMILES string of the molecule is COc1ccc(N2CN(CCO)Cn3c2nc(C)c(Cc2ccccc2)c3=O)cc1. The molecule has 156 valence electrons. The van der Waals surface area contributed by atoms with Crippen LogP contribution in [0, 0.1) is 6.92 Å². The topological polar surface area (TPSA) is 70.8 Å². The van der Waals surface area contributed by atoms with Crippen LogP contribution in [0.4, 0.5) is 11.6 Å². The number of aryl methyl sites for hydroxylation is 1. The maximum absolute atomic E-state index is 13.5. The number of hydrogen-bond donors (Lipinski definition) is 1. The minimum Gasteiger partial charge on any atom is -0.497 e. The highest BCUT2D eigenvalue weighted by Gasteiger charge is 2.27. The van der Waals surface area contributed by atoms with Crippen molar-refractivity contribution >= 4 is 11.6 Å². The molecule has 0 aliphatic carbocycles. The van der Waals surface area contributed by atoms with Crippen LogP contribution < -0.4 is 15.2 Å². The molecule has 0 amide bonds. The lowest BCUT2D eigenvalue weighted by molar-refractivity contribution is 0.152. The summed E-state index contributed by atoms with van der Waals surface area (Å²) in [6.45, 7) is 3.33. The molecule has 0 bridgehead atoms. The fourth-order valence-corrected chi connectivity index (χ4v) is 3.77. The Kier molecular flexibility index (Phi) is 5.83. The molecular formula is C23H26N4O3. The highest BCUT2D eigenvalue weighted by atomic mass is 16.5. The number of ether oxygens (including phenoxy) is 1. The zero-order chi connectivity index (χ0) is 21.1. The van der Waals surface area contributed by atoms with E-state index in [0.29, 0.717) is 37.8 Å². The van der Waals surface area contributed by atoms with Crippen LogP contribution in [0.15, 0.2) is 59.4 Å². The average Bonchev–Trinajstić information content (AvgIpc) is 2.78. The Labute approximate surface area is 175 Å². The predicted octanol–water partition coefficient (Wildman–Crippen LogP) is 2.51. The van der Waals surface area contributed by atoms with Crippen LogP contribution in [-0.2, 0) is 13.1 Å². The molecule has 0 saturated carbocycles. The number of methoxy groups -OCH3 is 1. The van der Waals surface area contributed by atoms with Gasteiger partial charge in [0, 0.05) is 24.2 Å². The fourth-order valence-electron chi connectivity index (χ4n) is 3.77. The van der Waals surface area contributed by atoms with E-state index in [0.717, 1.165) is 22.7 Å². The second-order valence-electron chi connectivity index (χ2n) is 7.40. The van der Waals surface area contributed by atoms with E-state index >= 15 is 0 Å². The molecule has 2 heterocycles. The summed E-state index contributed by atoms with van der Waals surface area (Å²) in [5.74, 6) is 1.39. The van der Waals surface area contributed by atoms with E-state index < -0.39 is 0 Å². The molecule has 1 aliphatic rings. The molecule has 0 fully saturated rings. The monoisotopic (exact) mass is 406 g/mol. The molecule has 0 spiro atoms. The van der Waals surface area contributed by atoms with Crippen molar-refractivity contribution in [1.29, 1.82) is 0 Å². The van der Waals surface area contributed by atoms with Crippen LogP contribution in [-0.4, -0.2) is 46.5 Å². The predicted molar refractivity (Wildman–Crippen MR) is 116 cm³/mol. The van der Waals surface area contributed by atoms with Gasteiger partial charge in [-0.25, -0.2) is 4.98 Å². The number of hydrogen-bond acceptors (Lipinski definition) is 6. The molecule has 30 heavy (non-hydrogen) atoms. The Hall–Kier alpha value is -3.16. The Balaban J connectivity index is 1.78. The quantitative estimate of drug-likeness (QED) is 0.678. The zero-order valence-corrected chi connectivity index (χ0v) is 17.3. The van der Waals surface area contributed by atoms with Gasteiger partial charge in [-0.15, -0.1) is 0 Å². The van der Waals surface area contributed by atoms with Gasteiger partial charge < -0.3 is 9.84 Å². The van der Waals surface area contributed by atoms with Crippen molar-refractivity contribution in [1.82, 2.24) is 14.5 Å². The number of aromatic nitrogens is 2. The van der Waals surface area contributed by atoms with Crippen molar-refractivity contribution < 1.29 is 9.84 Å². The van der Waals surface area contributed by atoms with Crippen LogP contribution >= 0.6 is 0 Å². The molecule has 4 rings (SSSR count). The van der Waals surface area contributed by atoms with Gasteiger partial charge in [0.15, 0.2) is 0 Å². The maximum Gasteiger partial charge on any atom is 0.259 e. The lowest BCUT2D eigenvalue weighted by Crippen LogP contribution is -2.48. The number of fused-ring (bicyclic) bond motifs is 1. The molecule has 1 N–H and O–H groups in total.